The summed E-state index contributed by atoms with van der Waals surface area (Å²) in [6.45, 7) is 0.328. The van der Waals surface area contributed by atoms with Crippen LogP contribution in [-0.2, 0) is 6.61 Å². The molecule has 0 spiro atoms. The molecule has 3 rings (SSSR count). The molecule has 0 atom stereocenters. The summed E-state index contributed by atoms with van der Waals surface area (Å²) in [5.41, 5.74) is 5.48. The molecule has 1 N–H and O–H groups in total. The van der Waals surface area contributed by atoms with E-state index < -0.39 is 0 Å². The van der Waals surface area contributed by atoms with Crippen molar-refractivity contribution >= 4 is 46.7 Å². The summed E-state index contributed by atoms with van der Waals surface area (Å²) >= 11 is 18.0. The van der Waals surface area contributed by atoms with Gasteiger partial charge in [-0.3, -0.25) is 5.43 Å². The first-order valence-corrected chi connectivity index (χ1v) is 9.48. The number of rotatable bonds is 7. The van der Waals surface area contributed by atoms with Gasteiger partial charge in [0.2, 0.25) is 0 Å². The number of hydrazone groups is 1. The van der Waals surface area contributed by atoms with Crippen molar-refractivity contribution in [3.8, 4) is 11.5 Å². The number of anilines is 1. The molecule has 0 saturated heterocycles. The van der Waals surface area contributed by atoms with Crippen molar-refractivity contribution in [2.45, 2.75) is 6.61 Å². The number of ether oxygens (including phenoxy) is 2. The molecule has 3 aromatic rings. The second kappa shape index (κ2) is 9.69. The van der Waals surface area contributed by atoms with Crippen LogP contribution in [-0.4, -0.2) is 13.3 Å². The van der Waals surface area contributed by atoms with E-state index in [9.17, 15) is 0 Å². The Balaban J connectivity index is 1.70. The smallest absolute Gasteiger partial charge is 0.162 e. The molecule has 144 valence electrons. The van der Waals surface area contributed by atoms with Crippen LogP contribution < -0.4 is 14.9 Å². The Labute approximate surface area is 178 Å². The van der Waals surface area contributed by atoms with Crippen LogP contribution in [0.15, 0.2) is 65.8 Å². The van der Waals surface area contributed by atoms with Crippen LogP contribution in [0.5, 0.6) is 11.5 Å². The van der Waals surface area contributed by atoms with Crippen LogP contribution >= 0.6 is 34.8 Å². The number of methoxy groups -OCH3 is 1. The minimum atomic E-state index is 0.328. The fourth-order valence-electron chi connectivity index (χ4n) is 2.42. The monoisotopic (exact) mass is 434 g/mol. The normalized spacial score (nSPS) is 10.9. The van der Waals surface area contributed by atoms with E-state index in [2.05, 4.69) is 10.5 Å². The Bertz CT molecular complexity index is 993. The third-order valence-electron chi connectivity index (χ3n) is 3.80. The largest absolute Gasteiger partial charge is 0.493 e. The van der Waals surface area contributed by atoms with Gasteiger partial charge in [-0.25, -0.2) is 0 Å². The summed E-state index contributed by atoms with van der Waals surface area (Å²) in [5, 5.41) is 5.86. The lowest BCUT2D eigenvalue weighted by Crippen LogP contribution is -1.99. The minimum Gasteiger partial charge on any atom is -0.493 e. The van der Waals surface area contributed by atoms with Crippen molar-refractivity contribution in [2.24, 2.45) is 5.10 Å². The molecule has 7 heteroatoms. The van der Waals surface area contributed by atoms with E-state index in [0.717, 1.165) is 16.8 Å². The highest BCUT2D eigenvalue weighted by atomic mass is 35.5. The van der Waals surface area contributed by atoms with Gasteiger partial charge >= 0.3 is 0 Å². The molecule has 0 radical (unpaired) electrons. The van der Waals surface area contributed by atoms with Gasteiger partial charge in [0.1, 0.15) is 6.61 Å². The van der Waals surface area contributed by atoms with E-state index >= 15 is 0 Å². The molecular formula is C21H17Cl3N2O2. The maximum absolute atomic E-state index is 6.05. The summed E-state index contributed by atoms with van der Waals surface area (Å²) < 4.78 is 11.3. The van der Waals surface area contributed by atoms with Gasteiger partial charge in [-0.2, -0.15) is 5.10 Å². The zero-order valence-electron chi connectivity index (χ0n) is 15.0. The Morgan fingerprint density at radius 3 is 2.54 bits per heavy atom. The van der Waals surface area contributed by atoms with Crippen LogP contribution in [0.25, 0.3) is 0 Å². The number of nitrogens with zero attached hydrogens (tertiary/aromatic N) is 1. The molecular weight excluding hydrogens is 419 g/mol. The van der Waals surface area contributed by atoms with Crippen LogP contribution in [0.3, 0.4) is 0 Å². The second-order valence-corrected chi connectivity index (χ2v) is 7.08. The molecule has 0 aliphatic carbocycles. The van der Waals surface area contributed by atoms with E-state index in [0.29, 0.717) is 33.2 Å². The molecule has 28 heavy (non-hydrogen) atoms. The third-order valence-corrected chi connectivity index (χ3v) is 4.77. The van der Waals surface area contributed by atoms with Crippen LogP contribution in [0.4, 0.5) is 5.69 Å². The van der Waals surface area contributed by atoms with Gasteiger partial charge in [0.25, 0.3) is 0 Å². The first-order chi connectivity index (χ1) is 13.5. The summed E-state index contributed by atoms with van der Waals surface area (Å²) in [6.07, 6.45) is 1.69. The van der Waals surface area contributed by atoms with E-state index in [1.54, 1.807) is 37.6 Å². The molecule has 0 saturated carbocycles. The lowest BCUT2D eigenvalue weighted by molar-refractivity contribution is 0.284. The fourth-order valence-corrected chi connectivity index (χ4v) is 2.93. The molecule has 0 aliphatic heterocycles. The Morgan fingerprint density at radius 1 is 0.929 bits per heavy atom. The molecule has 0 heterocycles. The van der Waals surface area contributed by atoms with E-state index in [-0.39, 0.29) is 0 Å². The van der Waals surface area contributed by atoms with Crippen molar-refractivity contribution in [1.29, 1.82) is 0 Å². The predicted molar refractivity (Wildman–Crippen MR) is 116 cm³/mol. The number of halogens is 3. The topological polar surface area (TPSA) is 42.8 Å². The molecule has 0 amide bonds. The van der Waals surface area contributed by atoms with E-state index in [1.165, 1.54) is 0 Å². The highest BCUT2D eigenvalue weighted by molar-refractivity contribution is 6.42. The van der Waals surface area contributed by atoms with Gasteiger partial charge in [0.15, 0.2) is 11.5 Å². The average molecular weight is 436 g/mol. The van der Waals surface area contributed by atoms with Crippen molar-refractivity contribution in [3.05, 3.63) is 86.9 Å². The molecule has 0 aromatic heterocycles. The standard InChI is InChI=1S/C21H17Cl3N2O2/c1-27-20-8-6-14(12-25-26-17-4-2-3-16(22)11-17)10-21(20)28-13-15-5-7-18(23)19(24)9-15/h2-12,26H,13H2,1H3. The van der Waals surface area contributed by atoms with Crippen LogP contribution in [0, 0.1) is 0 Å². The molecule has 0 bridgehead atoms. The average Bonchev–Trinajstić information content (AvgIpc) is 2.69. The number of nitrogens with one attached hydrogen (secondary N) is 1. The van der Waals surface area contributed by atoms with E-state index in [4.69, 9.17) is 44.3 Å². The Hall–Kier alpha value is -2.40. The first-order valence-electron chi connectivity index (χ1n) is 8.34. The van der Waals surface area contributed by atoms with Gasteiger partial charge in [-0.1, -0.05) is 46.9 Å². The van der Waals surface area contributed by atoms with Gasteiger partial charge in [0, 0.05) is 5.02 Å². The van der Waals surface area contributed by atoms with Gasteiger partial charge in [-0.15, -0.1) is 0 Å². The van der Waals surface area contributed by atoms with Gasteiger partial charge in [0.05, 0.1) is 29.1 Å². The van der Waals surface area contributed by atoms with E-state index in [1.807, 2.05) is 36.4 Å². The van der Waals surface area contributed by atoms with Crippen molar-refractivity contribution in [2.75, 3.05) is 12.5 Å². The van der Waals surface area contributed by atoms with Crippen LogP contribution in [0.2, 0.25) is 15.1 Å². The highest BCUT2D eigenvalue weighted by Gasteiger charge is 2.07. The van der Waals surface area contributed by atoms with Gasteiger partial charge in [-0.05, 0) is 59.7 Å². The maximum Gasteiger partial charge on any atom is 0.162 e. The Morgan fingerprint density at radius 2 is 1.79 bits per heavy atom. The first kappa shape index (κ1) is 20.3. The number of benzene rings is 3. The van der Waals surface area contributed by atoms with Gasteiger partial charge < -0.3 is 9.47 Å². The summed E-state index contributed by atoms with van der Waals surface area (Å²) in [4.78, 5) is 0. The summed E-state index contributed by atoms with van der Waals surface area (Å²) in [5.74, 6) is 1.22. The zero-order chi connectivity index (χ0) is 19.9. The molecule has 3 aromatic carbocycles. The summed E-state index contributed by atoms with van der Waals surface area (Å²) in [6, 6.07) is 18.3. The third kappa shape index (κ3) is 5.55. The second-order valence-electron chi connectivity index (χ2n) is 5.83. The Kier molecular flexibility index (Phi) is 7.04. The molecule has 4 nitrogen and oxygen atoms in total. The maximum atomic E-state index is 6.05. The SMILES string of the molecule is COc1ccc(C=NNc2cccc(Cl)c2)cc1OCc1ccc(Cl)c(Cl)c1. The zero-order valence-corrected chi connectivity index (χ0v) is 17.2. The summed E-state index contributed by atoms with van der Waals surface area (Å²) in [7, 11) is 1.59. The predicted octanol–water partition coefficient (Wildman–Crippen LogP) is 6.68. The lowest BCUT2D eigenvalue weighted by atomic mass is 10.2. The minimum absolute atomic E-state index is 0.328. The molecule has 0 aliphatic rings. The van der Waals surface area contributed by atoms with Crippen LogP contribution in [0.1, 0.15) is 11.1 Å². The number of hydrogen-bond acceptors (Lipinski definition) is 4. The highest BCUT2D eigenvalue weighted by Crippen LogP contribution is 2.29. The fraction of sp³-hybridized carbons (Fsp3) is 0.0952. The molecule has 0 unspecified atom stereocenters. The molecule has 0 fully saturated rings. The van der Waals surface area contributed by atoms with Crippen molar-refractivity contribution in [3.63, 3.8) is 0 Å². The number of hydrogen-bond donors (Lipinski definition) is 1. The van der Waals surface area contributed by atoms with Crippen molar-refractivity contribution in [1.82, 2.24) is 0 Å². The lowest BCUT2D eigenvalue weighted by Gasteiger charge is -2.12. The quantitative estimate of drug-likeness (QED) is 0.332. The van der Waals surface area contributed by atoms with Crippen molar-refractivity contribution < 1.29 is 9.47 Å².